The molecule has 0 aliphatic rings. The van der Waals surface area contributed by atoms with Crippen LogP contribution in [-0.4, -0.2) is 37.2 Å². The molecule has 0 bridgehead atoms. The van der Waals surface area contributed by atoms with Gasteiger partial charge < -0.3 is 14.2 Å². The van der Waals surface area contributed by atoms with E-state index in [1.165, 1.54) is 89.9 Å². The Balaban J connectivity index is 4.19. The van der Waals surface area contributed by atoms with Gasteiger partial charge in [-0.15, -0.1) is 0 Å². The average Bonchev–Trinajstić information content (AvgIpc) is 3.39. The van der Waals surface area contributed by atoms with Crippen LogP contribution in [0, 0.1) is 0 Å². The maximum atomic E-state index is 12.8. The molecule has 0 amide bonds. The second kappa shape index (κ2) is 60.4. The Morgan fingerprint density at radius 1 is 0.288 bits per heavy atom. The second-order valence-corrected chi connectivity index (χ2v) is 19.5. The number of hydrogen-bond acceptors (Lipinski definition) is 6. The number of unbranched alkanes of at least 4 members (excludes halogenated alkanes) is 22. The minimum Gasteiger partial charge on any atom is -0.462 e. The van der Waals surface area contributed by atoms with Crippen LogP contribution in [0.4, 0.5) is 0 Å². The molecule has 0 aromatic heterocycles. The first-order valence-corrected chi connectivity index (χ1v) is 30.0. The first kappa shape index (κ1) is 68.8. The maximum absolute atomic E-state index is 12.8. The molecule has 0 rings (SSSR count). The van der Waals surface area contributed by atoms with E-state index in [9.17, 15) is 14.4 Å². The summed E-state index contributed by atoms with van der Waals surface area (Å²) in [5.41, 5.74) is 0. The molecule has 0 aromatic carbocycles. The zero-order valence-corrected chi connectivity index (χ0v) is 47.4. The first-order chi connectivity index (χ1) is 36.0. The van der Waals surface area contributed by atoms with Gasteiger partial charge in [-0.3, -0.25) is 14.4 Å². The topological polar surface area (TPSA) is 78.9 Å². The van der Waals surface area contributed by atoms with E-state index < -0.39 is 6.10 Å². The number of allylic oxidation sites excluding steroid dienone is 20. The fraction of sp³-hybridized carbons (Fsp3) is 0.657. The van der Waals surface area contributed by atoms with Crippen LogP contribution < -0.4 is 0 Å². The summed E-state index contributed by atoms with van der Waals surface area (Å²) in [4.78, 5) is 38.0. The van der Waals surface area contributed by atoms with Gasteiger partial charge in [-0.1, -0.05) is 245 Å². The molecular weight excluding hydrogens is 901 g/mol. The third-order valence-electron chi connectivity index (χ3n) is 12.4. The number of carbonyl (C=O) groups is 3. The zero-order valence-electron chi connectivity index (χ0n) is 47.4. The highest BCUT2D eigenvalue weighted by molar-refractivity contribution is 5.71. The number of rotatable bonds is 53. The minimum atomic E-state index is -0.790. The monoisotopic (exact) mass is 1010 g/mol. The van der Waals surface area contributed by atoms with Gasteiger partial charge in [0.1, 0.15) is 13.2 Å². The fourth-order valence-corrected chi connectivity index (χ4v) is 7.89. The van der Waals surface area contributed by atoms with Gasteiger partial charge in [0.05, 0.1) is 0 Å². The van der Waals surface area contributed by atoms with Gasteiger partial charge >= 0.3 is 17.9 Å². The number of carbonyl (C=O) groups excluding carboxylic acids is 3. The summed E-state index contributed by atoms with van der Waals surface area (Å²) in [5.74, 6) is -0.919. The predicted octanol–water partition coefficient (Wildman–Crippen LogP) is 20.4. The van der Waals surface area contributed by atoms with Crippen molar-refractivity contribution in [1.82, 2.24) is 0 Å². The molecule has 73 heavy (non-hydrogen) atoms. The van der Waals surface area contributed by atoms with E-state index in [4.69, 9.17) is 14.2 Å². The molecule has 6 nitrogen and oxygen atoms in total. The molecule has 0 aliphatic heterocycles. The van der Waals surface area contributed by atoms with Crippen molar-refractivity contribution in [3.8, 4) is 0 Å². The van der Waals surface area contributed by atoms with Gasteiger partial charge in [0.15, 0.2) is 6.10 Å². The molecule has 0 heterocycles. The van der Waals surface area contributed by atoms with Crippen LogP contribution in [0.1, 0.15) is 265 Å². The van der Waals surface area contributed by atoms with Crippen LogP contribution in [0.3, 0.4) is 0 Å². The van der Waals surface area contributed by atoms with Gasteiger partial charge in [0, 0.05) is 19.3 Å². The normalized spacial score (nSPS) is 13.0. The quantitative estimate of drug-likeness (QED) is 0.0261. The van der Waals surface area contributed by atoms with Gasteiger partial charge in [0.2, 0.25) is 0 Å². The van der Waals surface area contributed by atoms with Crippen molar-refractivity contribution >= 4 is 17.9 Å². The highest BCUT2D eigenvalue weighted by Gasteiger charge is 2.19. The first-order valence-electron chi connectivity index (χ1n) is 30.0. The van der Waals surface area contributed by atoms with Crippen LogP contribution in [0.25, 0.3) is 0 Å². The summed E-state index contributed by atoms with van der Waals surface area (Å²) in [6.07, 6.45) is 83.5. The largest absolute Gasteiger partial charge is 0.462 e. The van der Waals surface area contributed by atoms with Crippen LogP contribution in [0.15, 0.2) is 122 Å². The Bertz CT molecular complexity index is 1540. The van der Waals surface area contributed by atoms with Crippen molar-refractivity contribution in [3.63, 3.8) is 0 Å². The van der Waals surface area contributed by atoms with Crippen molar-refractivity contribution < 1.29 is 28.6 Å². The molecule has 0 aromatic rings. The van der Waals surface area contributed by atoms with E-state index in [2.05, 4.69) is 142 Å². The molecule has 414 valence electrons. The molecule has 1 atom stereocenters. The molecule has 0 saturated carbocycles. The third-order valence-corrected chi connectivity index (χ3v) is 12.4. The molecule has 0 aliphatic carbocycles. The molecule has 0 N–H and O–H groups in total. The van der Waals surface area contributed by atoms with Crippen molar-refractivity contribution in [1.29, 1.82) is 0 Å². The summed E-state index contributed by atoms with van der Waals surface area (Å²) in [6, 6.07) is 0. The average molecular weight is 1010 g/mol. The van der Waals surface area contributed by atoms with Crippen LogP contribution in [0.5, 0.6) is 0 Å². The van der Waals surface area contributed by atoms with E-state index in [0.29, 0.717) is 19.3 Å². The molecule has 0 saturated heterocycles. The Morgan fingerprint density at radius 2 is 0.534 bits per heavy atom. The summed E-state index contributed by atoms with van der Waals surface area (Å²) < 4.78 is 16.8. The molecule has 0 radical (unpaired) electrons. The van der Waals surface area contributed by atoms with Crippen molar-refractivity contribution in [3.05, 3.63) is 122 Å². The van der Waals surface area contributed by atoms with E-state index >= 15 is 0 Å². The molecular formula is C67H110O6. The second-order valence-electron chi connectivity index (χ2n) is 19.5. The summed E-state index contributed by atoms with van der Waals surface area (Å²) in [5, 5.41) is 0. The van der Waals surface area contributed by atoms with Crippen molar-refractivity contribution in [2.75, 3.05) is 13.2 Å². The van der Waals surface area contributed by atoms with E-state index in [1.54, 1.807) is 0 Å². The maximum Gasteiger partial charge on any atom is 0.306 e. The molecule has 0 fully saturated rings. The van der Waals surface area contributed by atoms with Gasteiger partial charge in [0.25, 0.3) is 0 Å². The highest BCUT2D eigenvalue weighted by atomic mass is 16.6. The standard InChI is InChI=1S/C67H110O6/c1-4-7-10-13-16-19-22-23-24-25-26-27-28-29-30-31-32-33-34-35-36-37-38-39-40-41-42-43-46-48-51-54-57-60-66(69)72-63-64(73-67(70)61-58-55-52-49-45-21-18-15-12-9-6-3)62-71-65(68)59-56-53-50-47-44-20-17-14-11-8-5-2/h7,10,14-19,23-24,26-27,29-30,32-33,35-36,38-39,64H,4-6,8-9,11-13,20-22,25,28,31,34,37,40-63H2,1-3H3/b10-7-,17-14-,18-15-,19-16-,24-23-,27-26-,30-29-,33-32-,36-35-,39-38-. The van der Waals surface area contributed by atoms with Crippen molar-refractivity contribution in [2.45, 2.75) is 271 Å². The van der Waals surface area contributed by atoms with Crippen LogP contribution in [-0.2, 0) is 28.6 Å². The van der Waals surface area contributed by atoms with Gasteiger partial charge in [-0.25, -0.2) is 0 Å². The van der Waals surface area contributed by atoms with Gasteiger partial charge in [-0.05, 0) is 122 Å². The van der Waals surface area contributed by atoms with Crippen molar-refractivity contribution in [2.24, 2.45) is 0 Å². The smallest absolute Gasteiger partial charge is 0.306 e. The lowest BCUT2D eigenvalue weighted by Gasteiger charge is -2.18. The fourth-order valence-electron chi connectivity index (χ4n) is 7.89. The lowest BCUT2D eigenvalue weighted by molar-refractivity contribution is -0.167. The van der Waals surface area contributed by atoms with E-state index in [1.807, 2.05) is 0 Å². The number of hydrogen-bond donors (Lipinski definition) is 0. The molecule has 1 unspecified atom stereocenters. The third kappa shape index (κ3) is 58.6. The number of esters is 3. The minimum absolute atomic E-state index is 0.0893. The lowest BCUT2D eigenvalue weighted by atomic mass is 10.1. The van der Waals surface area contributed by atoms with Crippen LogP contribution >= 0.6 is 0 Å². The summed E-state index contributed by atoms with van der Waals surface area (Å²) in [6.45, 7) is 6.42. The number of ether oxygens (including phenoxy) is 3. The van der Waals surface area contributed by atoms with Crippen LogP contribution in [0.2, 0.25) is 0 Å². The highest BCUT2D eigenvalue weighted by Crippen LogP contribution is 2.14. The van der Waals surface area contributed by atoms with E-state index in [-0.39, 0.29) is 31.1 Å². The Kier molecular flexibility index (Phi) is 56.9. The SMILES string of the molecule is CC/C=C\C/C=C\C/C=C\C/C=C\C/C=C\C/C=C\C/C=C\C/C=C\CCCCCCCCCCC(=O)OCC(COC(=O)CCCCCCC/C=C\CCCC)OC(=O)CCCCCCC/C=C\CCCC. The zero-order chi connectivity index (χ0) is 52.9. The predicted molar refractivity (Wildman–Crippen MR) is 316 cm³/mol. The molecule has 6 heteroatoms. The summed E-state index contributed by atoms with van der Waals surface area (Å²) in [7, 11) is 0. The Hall–Kier alpha value is -4.19. The summed E-state index contributed by atoms with van der Waals surface area (Å²) >= 11 is 0. The van der Waals surface area contributed by atoms with E-state index in [0.717, 1.165) is 135 Å². The lowest BCUT2D eigenvalue weighted by Crippen LogP contribution is -2.30. The van der Waals surface area contributed by atoms with Gasteiger partial charge in [-0.2, -0.15) is 0 Å². The molecule has 0 spiro atoms. The Labute approximate surface area is 450 Å². The Morgan fingerprint density at radius 3 is 0.849 bits per heavy atom.